The van der Waals surface area contributed by atoms with Gasteiger partial charge in [0.1, 0.15) is 5.03 Å². The topological polar surface area (TPSA) is 37.8 Å². The van der Waals surface area contributed by atoms with Crippen LogP contribution < -0.4 is 5.32 Å². The summed E-state index contributed by atoms with van der Waals surface area (Å²) in [5.41, 5.74) is 0. The van der Waals surface area contributed by atoms with Crippen LogP contribution in [0.2, 0.25) is 10.0 Å². The smallest absolute Gasteiger partial charge is 0.223 e. The first-order valence-corrected chi connectivity index (χ1v) is 6.96. The zero-order chi connectivity index (χ0) is 13.0. The number of hydrogen-bond acceptors (Lipinski definition) is 4. The lowest BCUT2D eigenvalue weighted by molar-refractivity contribution is 1.01. The molecule has 0 unspecified atom stereocenters. The van der Waals surface area contributed by atoms with Crippen LogP contribution in [0, 0.1) is 0 Å². The lowest BCUT2D eigenvalue weighted by Crippen LogP contribution is -2.02. The summed E-state index contributed by atoms with van der Waals surface area (Å²) < 4.78 is 0. The molecule has 0 radical (unpaired) electrons. The monoisotopic (exact) mass is 299 g/mol. The number of benzene rings is 1. The quantitative estimate of drug-likeness (QED) is 0.851. The number of nitrogens with zero attached hydrogens (tertiary/aromatic N) is 2. The fourth-order valence-electron chi connectivity index (χ4n) is 1.30. The minimum absolute atomic E-state index is 0.515. The number of nitrogens with one attached hydrogen (secondary N) is 1. The average molecular weight is 300 g/mol. The summed E-state index contributed by atoms with van der Waals surface area (Å²) in [6, 6.07) is 7.58. The Morgan fingerprint density at radius 3 is 2.72 bits per heavy atom. The van der Waals surface area contributed by atoms with Gasteiger partial charge < -0.3 is 5.32 Å². The van der Waals surface area contributed by atoms with Gasteiger partial charge in [-0.3, -0.25) is 0 Å². The molecule has 0 aliphatic rings. The first-order valence-electron chi connectivity index (χ1n) is 5.39. The van der Waals surface area contributed by atoms with Crippen molar-refractivity contribution < 1.29 is 0 Å². The van der Waals surface area contributed by atoms with E-state index in [-0.39, 0.29) is 0 Å². The molecule has 0 aliphatic heterocycles. The maximum absolute atomic E-state index is 6.10. The molecule has 0 fully saturated rings. The lowest BCUT2D eigenvalue weighted by Gasteiger charge is -2.07. The minimum atomic E-state index is 0.515. The molecule has 3 nitrogen and oxygen atoms in total. The van der Waals surface area contributed by atoms with E-state index in [9.17, 15) is 0 Å². The molecule has 0 saturated carbocycles. The molecule has 1 aromatic carbocycles. The molecular weight excluding hydrogens is 289 g/mol. The van der Waals surface area contributed by atoms with Crippen molar-refractivity contribution in [1.29, 1.82) is 0 Å². The van der Waals surface area contributed by atoms with Gasteiger partial charge in [-0.2, -0.15) is 0 Å². The highest BCUT2D eigenvalue weighted by Crippen LogP contribution is 2.35. The lowest BCUT2D eigenvalue weighted by atomic mass is 10.4. The van der Waals surface area contributed by atoms with Crippen LogP contribution in [0.5, 0.6) is 0 Å². The molecule has 0 spiro atoms. The first kappa shape index (κ1) is 13.5. The highest BCUT2D eigenvalue weighted by molar-refractivity contribution is 7.99. The fourth-order valence-corrected chi connectivity index (χ4v) is 2.56. The van der Waals surface area contributed by atoms with Crippen molar-refractivity contribution in [3.8, 4) is 0 Å². The third-order valence-corrected chi connectivity index (χ3v) is 4.00. The molecule has 2 rings (SSSR count). The van der Waals surface area contributed by atoms with E-state index in [1.165, 1.54) is 11.8 Å². The number of halogens is 2. The molecule has 94 valence electrons. The van der Waals surface area contributed by atoms with Gasteiger partial charge in [0.2, 0.25) is 5.95 Å². The summed E-state index contributed by atoms with van der Waals surface area (Å²) in [4.78, 5) is 9.36. The Morgan fingerprint density at radius 1 is 1.22 bits per heavy atom. The van der Waals surface area contributed by atoms with E-state index in [2.05, 4.69) is 15.3 Å². The minimum Gasteiger partial charge on any atom is -0.354 e. The van der Waals surface area contributed by atoms with E-state index < -0.39 is 0 Å². The highest BCUT2D eigenvalue weighted by Gasteiger charge is 2.09. The number of anilines is 1. The molecule has 1 aromatic heterocycles. The first-order chi connectivity index (χ1) is 8.70. The molecule has 1 N–H and O–H groups in total. The van der Waals surface area contributed by atoms with Crippen LogP contribution in [0.25, 0.3) is 0 Å². The largest absolute Gasteiger partial charge is 0.354 e. The molecule has 0 atom stereocenters. The Balaban J connectivity index is 2.28. The zero-order valence-corrected chi connectivity index (χ0v) is 12.0. The van der Waals surface area contributed by atoms with Crippen molar-refractivity contribution in [1.82, 2.24) is 9.97 Å². The van der Waals surface area contributed by atoms with E-state index in [4.69, 9.17) is 23.2 Å². The Bertz CT molecular complexity index is 549. The summed E-state index contributed by atoms with van der Waals surface area (Å²) in [5.74, 6) is 0.566. The van der Waals surface area contributed by atoms with E-state index in [1.807, 2.05) is 31.2 Å². The third-order valence-electron chi connectivity index (χ3n) is 2.09. The van der Waals surface area contributed by atoms with Crippen LogP contribution in [0.3, 0.4) is 0 Å². The summed E-state index contributed by atoms with van der Waals surface area (Å²) in [7, 11) is 0. The van der Waals surface area contributed by atoms with Crippen LogP contribution in [-0.2, 0) is 0 Å². The Labute approximate surface area is 120 Å². The van der Waals surface area contributed by atoms with Gasteiger partial charge in [-0.1, -0.05) is 47.1 Å². The summed E-state index contributed by atoms with van der Waals surface area (Å²) >= 11 is 13.6. The van der Waals surface area contributed by atoms with Gasteiger partial charge in [0, 0.05) is 11.4 Å². The van der Waals surface area contributed by atoms with Crippen molar-refractivity contribution in [3.63, 3.8) is 0 Å². The molecule has 0 saturated heterocycles. The van der Waals surface area contributed by atoms with Gasteiger partial charge in [-0.05, 0) is 19.1 Å². The van der Waals surface area contributed by atoms with Crippen LogP contribution in [0.15, 0.2) is 40.4 Å². The summed E-state index contributed by atoms with van der Waals surface area (Å²) in [6.45, 7) is 2.75. The van der Waals surface area contributed by atoms with Gasteiger partial charge in [0.05, 0.1) is 16.2 Å². The van der Waals surface area contributed by atoms with E-state index in [0.29, 0.717) is 21.0 Å². The molecule has 0 amide bonds. The number of rotatable bonds is 4. The van der Waals surface area contributed by atoms with Crippen molar-refractivity contribution in [2.75, 3.05) is 11.9 Å². The van der Waals surface area contributed by atoms with E-state index in [1.54, 1.807) is 6.20 Å². The van der Waals surface area contributed by atoms with E-state index >= 15 is 0 Å². The van der Waals surface area contributed by atoms with Crippen LogP contribution in [0.1, 0.15) is 6.92 Å². The summed E-state index contributed by atoms with van der Waals surface area (Å²) in [5, 5.41) is 4.94. The van der Waals surface area contributed by atoms with Crippen LogP contribution >= 0.6 is 35.0 Å². The standard InChI is InChI=1S/C12H11Cl2N3S/c1-2-15-12-16-7-9(14)11(17-12)18-10-6-4-3-5-8(10)13/h3-7H,2H2,1H3,(H,15,16,17). The molecule has 2 aromatic rings. The second kappa shape index (κ2) is 6.27. The van der Waals surface area contributed by atoms with E-state index in [0.717, 1.165) is 11.4 Å². The zero-order valence-electron chi connectivity index (χ0n) is 9.65. The summed E-state index contributed by atoms with van der Waals surface area (Å²) in [6.07, 6.45) is 1.59. The Hall–Kier alpha value is -0.970. The van der Waals surface area contributed by atoms with Crippen LogP contribution in [-0.4, -0.2) is 16.5 Å². The maximum atomic E-state index is 6.10. The SMILES string of the molecule is CCNc1ncc(Cl)c(Sc2ccccc2Cl)n1. The van der Waals surface area contributed by atoms with Gasteiger partial charge in [-0.15, -0.1) is 0 Å². The predicted octanol–water partition coefficient (Wildman–Crippen LogP) is 4.37. The van der Waals surface area contributed by atoms with Crippen LogP contribution in [0.4, 0.5) is 5.95 Å². The normalized spacial score (nSPS) is 10.4. The van der Waals surface area contributed by atoms with Crippen molar-refractivity contribution in [3.05, 3.63) is 40.5 Å². The molecular formula is C12H11Cl2N3S. The third kappa shape index (κ3) is 3.28. The second-order valence-corrected chi connectivity index (χ2v) is 5.25. The van der Waals surface area contributed by atoms with Gasteiger partial charge in [0.15, 0.2) is 0 Å². The predicted molar refractivity (Wildman–Crippen MR) is 76.8 cm³/mol. The van der Waals surface area contributed by atoms with Crippen molar-refractivity contribution in [2.45, 2.75) is 16.8 Å². The maximum Gasteiger partial charge on any atom is 0.223 e. The average Bonchev–Trinajstić information content (AvgIpc) is 2.36. The highest BCUT2D eigenvalue weighted by atomic mass is 35.5. The molecule has 1 heterocycles. The van der Waals surface area contributed by atoms with Gasteiger partial charge in [-0.25, -0.2) is 9.97 Å². The molecule has 0 aliphatic carbocycles. The van der Waals surface area contributed by atoms with Gasteiger partial charge in [0.25, 0.3) is 0 Å². The Kier molecular flexibility index (Phi) is 4.69. The number of hydrogen-bond donors (Lipinski definition) is 1. The molecule has 18 heavy (non-hydrogen) atoms. The molecule has 0 bridgehead atoms. The van der Waals surface area contributed by atoms with Gasteiger partial charge >= 0.3 is 0 Å². The second-order valence-electron chi connectivity index (χ2n) is 3.41. The van der Waals surface area contributed by atoms with Crippen molar-refractivity contribution >= 4 is 40.9 Å². The van der Waals surface area contributed by atoms with Crippen molar-refractivity contribution in [2.24, 2.45) is 0 Å². The fraction of sp³-hybridized carbons (Fsp3) is 0.167. The molecule has 6 heteroatoms. The Morgan fingerprint density at radius 2 is 2.00 bits per heavy atom. The number of aromatic nitrogens is 2.